The SMILES string of the molecule is CCCN(CC(=O)OCC)C(=O)CCC(C)O. The number of ether oxygens (including phenoxy) is 1. The minimum Gasteiger partial charge on any atom is -0.465 e. The molecule has 0 aliphatic carbocycles. The fourth-order valence-electron chi connectivity index (χ4n) is 1.41. The van der Waals surface area contributed by atoms with Crippen LogP contribution in [0.15, 0.2) is 0 Å². The summed E-state index contributed by atoms with van der Waals surface area (Å²) in [5.74, 6) is -0.493. The Bertz CT molecular complexity index is 241. The number of aliphatic hydroxyl groups is 1. The molecule has 0 radical (unpaired) electrons. The number of amides is 1. The van der Waals surface area contributed by atoms with E-state index < -0.39 is 6.10 Å². The molecular weight excluding hydrogens is 222 g/mol. The van der Waals surface area contributed by atoms with Gasteiger partial charge in [0.25, 0.3) is 0 Å². The van der Waals surface area contributed by atoms with Gasteiger partial charge in [-0.1, -0.05) is 6.92 Å². The van der Waals surface area contributed by atoms with E-state index in [9.17, 15) is 9.59 Å². The molecule has 1 amide bonds. The second-order valence-corrected chi connectivity index (χ2v) is 4.01. The number of carbonyl (C=O) groups excluding carboxylic acids is 2. The van der Waals surface area contributed by atoms with Crippen LogP contribution in [0, 0.1) is 0 Å². The van der Waals surface area contributed by atoms with Crippen molar-refractivity contribution in [1.82, 2.24) is 4.90 Å². The molecule has 0 saturated heterocycles. The van der Waals surface area contributed by atoms with Crippen LogP contribution in [0.25, 0.3) is 0 Å². The van der Waals surface area contributed by atoms with Gasteiger partial charge in [0.15, 0.2) is 0 Å². The van der Waals surface area contributed by atoms with Gasteiger partial charge in [-0.25, -0.2) is 0 Å². The lowest BCUT2D eigenvalue weighted by Crippen LogP contribution is -2.37. The topological polar surface area (TPSA) is 66.8 Å². The maximum Gasteiger partial charge on any atom is 0.325 e. The number of aliphatic hydroxyl groups excluding tert-OH is 1. The molecule has 0 fully saturated rings. The molecule has 0 aromatic rings. The first kappa shape index (κ1) is 15.9. The van der Waals surface area contributed by atoms with Crippen LogP contribution >= 0.6 is 0 Å². The van der Waals surface area contributed by atoms with Gasteiger partial charge in [0.1, 0.15) is 6.54 Å². The van der Waals surface area contributed by atoms with Gasteiger partial charge in [0, 0.05) is 13.0 Å². The molecule has 0 spiro atoms. The molecule has 0 bridgehead atoms. The van der Waals surface area contributed by atoms with Gasteiger partial charge in [-0.3, -0.25) is 9.59 Å². The molecule has 0 saturated carbocycles. The molecular formula is C12H23NO4. The number of carbonyl (C=O) groups is 2. The van der Waals surface area contributed by atoms with Crippen molar-refractivity contribution >= 4 is 11.9 Å². The van der Waals surface area contributed by atoms with Gasteiger partial charge < -0.3 is 14.7 Å². The Balaban J connectivity index is 4.20. The Hall–Kier alpha value is -1.10. The first-order valence-corrected chi connectivity index (χ1v) is 6.12. The van der Waals surface area contributed by atoms with Crippen LogP contribution in [0.5, 0.6) is 0 Å². The Morgan fingerprint density at radius 2 is 2.00 bits per heavy atom. The lowest BCUT2D eigenvalue weighted by Gasteiger charge is -2.21. The number of rotatable bonds is 8. The first-order valence-electron chi connectivity index (χ1n) is 6.12. The molecule has 1 atom stereocenters. The van der Waals surface area contributed by atoms with Crippen molar-refractivity contribution in [3.8, 4) is 0 Å². The van der Waals surface area contributed by atoms with Gasteiger partial charge in [-0.2, -0.15) is 0 Å². The fourth-order valence-corrected chi connectivity index (χ4v) is 1.41. The van der Waals surface area contributed by atoms with Crippen molar-refractivity contribution in [2.75, 3.05) is 19.7 Å². The van der Waals surface area contributed by atoms with Gasteiger partial charge in [-0.05, 0) is 26.7 Å². The molecule has 100 valence electrons. The highest BCUT2D eigenvalue weighted by Gasteiger charge is 2.17. The Morgan fingerprint density at radius 1 is 1.35 bits per heavy atom. The van der Waals surface area contributed by atoms with E-state index in [2.05, 4.69) is 0 Å². The zero-order valence-electron chi connectivity index (χ0n) is 10.9. The molecule has 0 rings (SSSR count). The van der Waals surface area contributed by atoms with E-state index in [1.807, 2.05) is 6.92 Å². The van der Waals surface area contributed by atoms with E-state index >= 15 is 0 Å². The highest BCUT2D eigenvalue weighted by molar-refractivity contribution is 5.82. The van der Waals surface area contributed by atoms with E-state index in [1.54, 1.807) is 13.8 Å². The number of nitrogens with zero attached hydrogens (tertiary/aromatic N) is 1. The predicted molar refractivity (Wildman–Crippen MR) is 64.4 cm³/mol. The maximum absolute atomic E-state index is 11.8. The van der Waals surface area contributed by atoms with E-state index in [4.69, 9.17) is 9.84 Å². The summed E-state index contributed by atoms with van der Waals surface area (Å²) in [6.45, 7) is 6.18. The molecule has 5 nitrogen and oxygen atoms in total. The van der Waals surface area contributed by atoms with Gasteiger partial charge in [0.2, 0.25) is 5.91 Å². The largest absolute Gasteiger partial charge is 0.465 e. The summed E-state index contributed by atoms with van der Waals surface area (Å²) in [7, 11) is 0. The zero-order valence-corrected chi connectivity index (χ0v) is 10.9. The second-order valence-electron chi connectivity index (χ2n) is 4.01. The van der Waals surface area contributed by atoms with Crippen LogP contribution in [-0.2, 0) is 14.3 Å². The number of esters is 1. The minimum absolute atomic E-state index is 0.000320. The molecule has 1 N–H and O–H groups in total. The third-order valence-corrected chi connectivity index (χ3v) is 2.25. The van der Waals surface area contributed by atoms with Gasteiger partial charge >= 0.3 is 5.97 Å². The van der Waals surface area contributed by atoms with E-state index in [1.165, 1.54) is 4.90 Å². The maximum atomic E-state index is 11.8. The Labute approximate surface area is 103 Å². The van der Waals surface area contributed by atoms with Crippen molar-refractivity contribution in [2.45, 2.75) is 46.1 Å². The predicted octanol–water partition coefficient (Wildman–Crippen LogP) is 0.949. The van der Waals surface area contributed by atoms with Crippen molar-refractivity contribution < 1.29 is 19.4 Å². The molecule has 0 aliphatic heterocycles. The third kappa shape index (κ3) is 7.74. The van der Waals surface area contributed by atoms with Crippen molar-refractivity contribution in [3.63, 3.8) is 0 Å². The minimum atomic E-state index is -0.495. The molecule has 0 heterocycles. The summed E-state index contributed by atoms with van der Waals surface area (Å²) in [6, 6.07) is 0. The third-order valence-electron chi connectivity index (χ3n) is 2.25. The summed E-state index contributed by atoms with van der Waals surface area (Å²) >= 11 is 0. The van der Waals surface area contributed by atoms with Crippen LogP contribution < -0.4 is 0 Å². The fraction of sp³-hybridized carbons (Fsp3) is 0.833. The lowest BCUT2D eigenvalue weighted by atomic mass is 10.2. The summed E-state index contributed by atoms with van der Waals surface area (Å²) in [5.41, 5.74) is 0. The molecule has 0 aromatic carbocycles. The summed E-state index contributed by atoms with van der Waals surface area (Å²) in [4.78, 5) is 24.6. The van der Waals surface area contributed by atoms with Crippen molar-refractivity contribution in [2.24, 2.45) is 0 Å². The normalized spacial score (nSPS) is 12.0. The second kappa shape index (κ2) is 8.98. The summed E-state index contributed by atoms with van der Waals surface area (Å²) in [6.07, 6.45) is 0.976. The lowest BCUT2D eigenvalue weighted by molar-refractivity contribution is -0.149. The zero-order chi connectivity index (χ0) is 13.3. The van der Waals surface area contributed by atoms with Crippen LogP contribution in [0.1, 0.15) is 40.0 Å². The number of hydrogen-bond donors (Lipinski definition) is 1. The van der Waals surface area contributed by atoms with Gasteiger partial charge in [0.05, 0.1) is 12.7 Å². The average molecular weight is 245 g/mol. The van der Waals surface area contributed by atoms with E-state index in [-0.39, 0.29) is 24.8 Å². The summed E-state index contributed by atoms with van der Waals surface area (Å²) in [5, 5.41) is 9.12. The molecule has 17 heavy (non-hydrogen) atoms. The van der Waals surface area contributed by atoms with Crippen molar-refractivity contribution in [1.29, 1.82) is 0 Å². The molecule has 1 unspecified atom stereocenters. The summed E-state index contributed by atoms with van der Waals surface area (Å²) < 4.78 is 4.81. The molecule has 5 heteroatoms. The highest BCUT2D eigenvalue weighted by Crippen LogP contribution is 2.03. The van der Waals surface area contributed by atoms with E-state index in [0.717, 1.165) is 6.42 Å². The standard InChI is InChI=1S/C12H23NO4/c1-4-8-13(9-12(16)17-5-2)11(15)7-6-10(3)14/h10,14H,4-9H2,1-3H3. The molecule has 0 aromatic heterocycles. The smallest absolute Gasteiger partial charge is 0.325 e. The van der Waals surface area contributed by atoms with Crippen LogP contribution in [0.4, 0.5) is 0 Å². The quantitative estimate of drug-likeness (QED) is 0.646. The van der Waals surface area contributed by atoms with Crippen LogP contribution in [0.2, 0.25) is 0 Å². The molecule has 0 aliphatic rings. The highest BCUT2D eigenvalue weighted by atomic mass is 16.5. The van der Waals surface area contributed by atoms with Crippen molar-refractivity contribution in [3.05, 3.63) is 0 Å². The van der Waals surface area contributed by atoms with Gasteiger partial charge in [-0.15, -0.1) is 0 Å². The monoisotopic (exact) mass is 245 g/mol. The van der Waals surface area contributed by atoms with Crippen LogP contribution in [-0.4, -0.2) is 47.7 Å². The Morgan fingerprint density at radius 3 is 2.47 bits per heavy atom. The first-order chi connectivity index (χ1) is 8.01. The Kier molecular flexibility index (Phi) is 8.40. The average Bonchev–Trinajstić information content (AvgIpc) is 2.25. The number of hydrogen-bond acceptors (Lipinski definition) is 4. The van der Waals surface area contributed by atoms with E-state index in [0.29, 0.717) is 19.6 Å². The van der Waals surface area contributed by atoms with Crippen LogP contribution in [0.3, 0.4) is 0 Å².